The molecule has 2 amide bonds. The second-order valence-electron chi connectivity index (χ2n) is 17.3. The van der Waals surface area contributed by atoms with Crippen LogP contribution in [0.25, 0.3) is 0 Å². The van der Waals surface area contributed by atoms with E-state index < -0.39 is 27.5 Å². The lowest BCUT2D eigenvalue weighted by molar-refractivity contribution is 0.0696. The van der Waals surface area contributed by atoms with E-state index in [9.17, 15) is 27.2 Å². The zero-order chi connectivity index (χ0) is 70.1. The Morgan fingerprint density at radius 1 is 0.552 bits per heavy atom. The third-order valence-electron chi connectivity index (χ3n) is 10.2. The van der Waals surface area contributed by atoms with Crippen LogP contribution in [0.15, 0.2) is 293 Å². The molecule has 492 valence electrons. The summed E-state index contributed by atoms with van der Waals surface area (Å²) in [5.41, 5.74) is 9.31. The highest BCUT2D eigenvalue weighted by Gasteiger charge is 2.16. The molecule has 3 aromatic carbocycles. The van der Waals surface area contributed by atoms with Crippen LogP contribution in [0.1, 0.15) is 47.9 Å². The molecule has 0 unspecified atom stereocenters. The number of fused-ring (bicyclic) bond motifs is 1. The standard InChI is InChI=1S/C8H7NO.C7H7FO2S.C7H6O2.C6H6N2O.C6H4N2.C6H7N.C5H4ClN.2C5H6N2O.C5H5N.C4H3ClN2.C4H4N2/c10-8-7-4-2-1-3-6(7)5-9-8;1-11(9,10)7-4-2-3-6(8)5-7;8-7(9)6-4-2-1-3-5-6;7-6(9)5-2-1-3-8-4-5;7-4-6-2-1-3-8-5-6;1-6-4-2-3-5-7-6;6-5-2-1-3-7-4-5;1-8-5-2-6-4-7-3-5;1-8-5-6-3-2-4-7-5;1-2-4-6-5-3-1;5-4-1-6-3-7-2-4;1-2-5-4-6-3-1/h1-4H,5H2,(H,9,10);2-5H,1H3;1-5H,(H,8,9);1-4H,(H2,7,9);1-3,5H;2-5H,1H3;1-4H;2*2-4H,1H3;1-5H;1-3H;1-4H. The maximum absolute atomic E-state index is 12.4. The Morgan fingerprint density at radius 2 is 1.06 bits per heavy atom. The van der Waals surface area contributed by atoms with Crippen LogP contribution in [0.3, 0.4) is 0 Å². The van der Waals surface area contributed by atoms with Crippen molar-refractivity contribution in [3.63, 3.8) is 0 Å². The first-order valence-electron chi connectivity index (χ1n) is 27.6. The first kappa shape index (κ1) is 79.8. The molecule has 0 radical (unpaired) electrons. The van der Waals surface area contributed by atoms with Gasteiger partial charge in [-0.1, -0.05) is 77.8 Å². The summed E-state index contributed by atoms with van der Waals surface area (Å²) in [5, 5.41) is 20.6. The number of hydrogen-bond acceptors (Lipinski definition) is 21. The van der Waals surface area contributed by atoms with Crippen molar-refractivity contribution in [2.75, 3.05) is 20.5 Å². The van der Waals surface area contributed by atoms with Crippen LogP contribution >= 0.6 is 23.2 Å². The summed E-state index contributed by atoms with van der Waals surface area (Å²) in [6, 6.07) is 48.6. The molecule has 96 heavy (non-hydrogen) atoms. The summed E-state index contributed by atoms with van der Waals surface area (Å²) in [6.07, 6.45) is 33.1. The number of aromatic carboxylic acids is 1. The Kier molecular flexibility index (Phi) is 42.7. The molecule has 1 aliphatic rings. The second kappa shape index (κ2) is 51.3. The van der Waals surface area contributed by atoms with Crippen LogP contribution < -0.4 is 20.5 Å². The molecule has 0 spiro atoms. The molecular weight excluding hydrogens is 1290 g/mol. The molecule has 0 aliphatic carbocycles. The first-order chi connectivity index (χ1) is 46.5. The number of sulfone groups is 1. The lowest BCUT2D eigenvalue weighted by atomic mass is 10.1. The minimum absolute atomic E-state index is 0.0116. The molecule has 13 rings (SSSR count). The van der Waals surface area contributed by atoms with Crippen molar-refractivity contribution in [3.05, 3.63) is 337 Å². The molecule has 0 bridgehead atoms. The Morgan fingerprint density at radius 3 is 1.40 bits per heavy atom. The number of carboxylic acids is 1. The third-order valence-corrected chi connectivity index (χ3v) is 11.7. The van der Waals surface area contributed by atoms with Gasteiger partial charge in [0.2, 0.25) is 5.91 Å². The Hall–Kier alpha value is -12.3. The van der Waals surface area contributed by atoms with E-state index in [2.05, 4.69) is 70.1 Å². The van der Waals surface area contributed by atoms with Gasteiger partial charge < -0.3 is 25.6 Å². The van der Waals surface area contributed by atoms with Gasteiger partial charge in [-0.2, -0.15) is 5.26 Å². The SMILES string of the molecule is COc1cncnc1.COc1ncccn1.CS(=O)(=O)c1cccc(F)c1.Cc1ccccn1.Clc1cccnc1.Clc1cncnc1.N#Cc1cccnc1.NC(=O)c1cccnc1.O=C(O)c1ccccc1.O=C1NCc2ccccc21.c1ccncc1.c1cncnc1. The number of halogens is 3. The van der Waals surface area contributed by atoms with Gasteiger partial charge in [0, 0.05) is 117 Å². The van der Waals surface area contributed by atoms with E-state index in [1.165, 1.54) is 69.1 Å². The van der Waals surface area contributed by atoms with Crippen molar-refractivity contribution in [1.29, 1.82) is 5.26 Å². The summed E-state index contributed by atoms with van der Waals surface area (Å²) < 4.78 is 43.6. The summed E-state index contributed by atoms with van der Waals surface area (Å²) in [6.45, 7) is 2.66. The van der Waals surface area contributed by atoms with Gasteiger partial charge in [0.25, 0.3) is 5.91 Å². The fourth-order valence-electron chi connectivity index (χ4n) is 5.80. The van der Waals surface area contributed by atoms with Crippen LogP contribution in [-0.4, -0.2) is 117 Å². The summed E-state index contributed by atoms with van der Waals surface area (Å²) in [7, 11) is -0.146. The van der Waals surface area contributed by atoms with Crippen LogP contribution in [0.2, 0.25) is 10.0 Å². The first-order valence-corrected chi connectivity index (χ1v) is 30.2. The van der Waals surface area contributed by atoms with Gasteiger partial charge in [-0.3, -0.25) is 34.5 Å². The number of ether oxygens (including phenoxy) is 2. The number of nitrogens with one attached hydrogen (secondary N) is 1. The molecule has 0 atom stereocenters. The van der Waals surface area contributed by atoms with Crippen molar-refractivity contribution >= 4 is 50.8 Å². The van der Waals surface area contributed by atoms with Gasteiger partial charge in [0.15, 0.2) is 15.6 Å². The number of nitrogens with zero attached hydrogens (tertiary/aromatic N) is 14. The molecule has 1 aliphatic heterocycles. The maximum atomic E-state index is 12.4. The minimum Gasteiger partial charge on any atom is -0.494 e. The highest BCUT2D eigenvalue weighted by Crippen LogP contribution is 2.14. The predicted molar refractivity (Wildman–Crippen MR) is 361 cm³/mol. The van der Waals surface area contributed by atoms with E-state index in [-0.39, 0.29) is 10.8 Å². The third kappa shape index (κ3) is 41.1. The number of aryl methyl sites for hydroxylation is 1. The van der Waals surface area contributed by atoms with Gasteiger partial charge in [-0.05, 0) is 122 Å². The summed E-state index contributed by atoms with van der Waals surface area (Å²) >= 11 is 10.9. The summed E-state index contributed by atoms with van der Waals surface area (Å²) in [4.78, 5) is 80.1. The maximum Gasteiger partial charge on any atom is 0.335 e. The number of hydrogen-bond donors (Lipinski definition) is 3. The Labute approximate surface area is 564 Å². The number of nitrogens with two attached hydrogens (primary N) is 1. The average molecular weight is 1360 g/mol. The normalized spacial score (nSPS) is 9.50. The van der Waals surface area contributed by atoms with Crippen molar-refractivity contribution in [1.82, 2.24) is 70.1 Å². The molecular formula is C68H65Cl2FN16O8S. The fraction of sp³-hybridized carbons (Fsp3) is 0.0735. The number of methoxy groups -OCH3 is 2. The molecule has 0 saturated heterocycles. The van der Waals surface area contributed by atoms with E-state index in [0.29, 0.717) is 45.0 Å². The molecule has 12 aromatic rings. The van der Waals surface area contributed by atoms with Crippen molar-refractivity contribution in [3.8, 4) is 17.8 Å². The topological polar surface area (TPSA) is 353 Å². The second-order valence-corrected chi connectivity index (χ2v) is 20.2. The molecule has 10 heterocycles. The average Bonchev–Trinajstić information content (AvgIpc) is 1.82. The number of carbonyl (C=O) groups is 3. The minimum atomic E-state index is -3.27. The largest absolute Gasteiger partial charge is 0.494 e. The smallest absolute Gasteiger partial charge is 0.335 e. The molecule has 9 aromatic heterocycles. The lowest BCUT2D eigenvalue weighted by Crippen LogP contribution is -2.12. The number of carbonyl (C=O) groups excluding carboxylic acids is 2. The highest BCUT2D eigenvalue weighted by atomic mass is 35.5. The van der Waals surface area contributed by atoms with Crippen molar-refractivity contribution in [2.45, 2.75) is 18.4 Å². The number of nitriles is 1. The van der Waals surface area contributed by atoms with Crippen molar-refractivity contribution in [2.24, 2.45) is 5.73 Å². The molecule has 24 nitrogen and oxygen atoms in total. The predicted octanol–water partition coefficient (Wildman–Crippen LogP) is 11.5. The van der Waals surface area contributed by atoms with Crippen LogP contribution in [0.5, 0.6) is 11.8 Å². The zero-order valence-corrected chi connectivity index (χ0v) is 54.4. The number of carboxylic acid groups (broad SMARTS) is 1. The Bertz CT molecular complexity index is 3830. The quantitative estimate of drug-likeness (QED) is 0.144. The van der Waals surface area contributed by atoms with Crippen molar-refractivity contribution < 1.29 is 41.8 Å². The van der Waals surface area contributed by atoms with Gasteiger partial charge >= 0.3 is 12.0 Å². The number of primary amides is 1. The van der Waals surface area contributed by atoms with E-state index in [1.807, 2.05) is 73.7 Å². The van der Waals surface area contributed by atoms with Crippen LogP contribution in [-0.2, 0) is 16.4 Å². The van der Waals surface area contributed by atoms with Crippen LogP contribution in [0.4, 0.5) is 4.39 Å². The molecule has 28 heteroatoms. The van der Waals surface area contributed by atoms with E-state index >= 15 is 0 Å². The van der Waals surface area contributed by atoms with Gasteiger partial charge in [0.1, 0.15) is 30.9 Å². The van der Waals surface area contributed by atoms with Crippen LogP contribution in [0, 0.1) is 24.1 Å². The number of aromatic nitrogens is 13. The number of amides is 2. The van der Waals surface area contributed by atoms with E-state index in [1.54, 1.807) is 167 Å². The number of pyridine rings is 5. The van der Waals surface area contributed by atoms with E-state index in [4.69, 9.17) is 48.8 Å². The van der Waals surface area contributed by atoms with Gasteiger partial charge in [-0.25, -0.2) is 57.5 Å². The van der Waals surface area contributed by atoms with Gasteiger partial charge in [-0.15, -0.1) is 0 Å². The zero-order valence-electron chi connectivity index (χ0n) is 52.0. The lowest BCUT2D eigenvalue weighted by Gasteiger charge is -1.95. The fourth-order valence-corrected chi connectivity index (χ4v) is 6.70. The molecule has 0 saturated carbocycles. The monoisotopic (exact) mass is 1350 g/mol. The summed E-state index contributed by atoms with van der Waals surface area (Å²) in [5.74, 6) is -1.12. The molecule has 4 N–H and O–H groups in total. The highest BCUT2D eigenvalue weighted by molar-refractivity contribution is 7.90. The molecule has 0 fully saturated rings. The van der Waals surface area contributed by atoms with E-state index in [0.717, 1.165) is 29.1 Å². The number of rotatable bonds is 5. The Balaban J connectivity index is 0.000000358. The number of benzene rings is 3. The van der Waals surface area contributed by atoms with Gasteiger partial charge in [0.05, 0.1) is 58.2 Å².